The Morgan fingerprint density at radius 3 is 2.72 bits per heavy atom. The highest BCUT2D eigenvalue weighted by atomic mass is 32.1. The molecular formula is C22H22FN3O2S. The SMILES string of the molecule is Cc1cc(C(=O)N2CCC[C@@H](c3nc4ccc(F)cc4cc3C(N)=O)C2)sc1C. The Kier molecular flexibility index (Phi) is 5.08. The average molecular weight is 412 g/mol. The van der Waals surface area contributed by atoms with E-state index in [0.29, 0.717) is 35.2 Å². The number of likely N-dealkylation sites (tertiary alicyclic amines) is 1. The second-order valence-corrected chi connectivity index (χ2v) is 8.82. The van der Waals surface area contributed by atoms with E-state index < -0.39 is 11.7 Å². The first-order valence-corrected chi connectivity index (χ1v) is 10.4. The largest absolute Gasteiger partial charge is 0.366 e. The summed E-state index contributed by atoms with van der Waals surface area (Å²) in [7, 11) is 0. The number of carbonyl (C=O) groups excluding carboxylic acids is 2. The molecule has 2 N–H and O–H groups in total. The number of nitrogens with two attached hydrogens (primary N) is 1. The van der Waals surface area contributed by atoms with Crippen molar-refractivity contribution in [1.82, 2.24) is 9.88 Å². The topological polar surface area (TPSA) is 76.3 Å². The summed E-state index contributed by atoms with van der Waals surface area (Å²) in [5, 5.41) is 0.538. The summed E-state index contributed by atoms with van der Waals surface area (Å²) < 4.78 is 13.6. The average Bonchev–Trinajstić information content (AvgIpc) is 3.04. The Morgan fingerprint density at radius 1 is 1.24 bits per heavy atom. The summed E-state index contributed by atoms with van der Waals surface area (Å²) in [6.07, 6.45) is 1.63. The molecule has 4 rings (SSSR count). The molecule has 29 heavy (non-hydrogen) atoms. The van der Waals surface area contributed by atoms with Crippen molar-refractivity contribution < 1.29 is 14.0 Å². The first-order valence-electron chi connectivity index (χ1n) is 9.60. The number of pyridine rings is 1. The van der Waals surface area contributed by atoms with Gasteiger partial charge >= 0.3 is 0 Å². The maximum atomic E-state index is 13.6. The number of fused-ring (bicyclic) bond motifs is 1. The van der Waals surface area contributed by atoms with Gasteiger partial charge in [0.05, 0.1) is 21.7 Å². The molecule has 2 amide bonds. The highest BCUT2D eigenvalue weighted by Gasteiger charge is 2.30. The van der Waals surface area contributed by atoms with Crippen LogP contribution in [-0.4, -0.2) is 34.8 Å². The van der Waals surface area contributed by atoms with Gasteiger partial charge in [0.2, 0.25) is 0 Å². The predicted molar refractivity (Wildman–Crippen MR) is 112 cm³/mol. The number of amides is 2. The van der Waals surface area contributed by atoms with E-state index >= 15 is 0 Å². The third-order valence-electron chi connectivity index (χ3n) is 5.54. The summed E-state index contributed by atoms with van der Waals surface area (Å²) in [5.41, 5.74) is 8.22. The van der Waals surface area contributed by atoms with Crippen molar-refractivity contribution in [2.45, 2.75) is 32.6 Å². The minimum absolute atomic E-state index is 0.0133. The molecule has 0 spiro atoms. The highest BCUT2D eigenvalue weighted by molar-refractivity contribution is 7.14. The minimum Gasteiger partial charge on any atom is -0.366 e. The van der Waals surface area contributed by atoms with Crippen molar-refractivity contribution in [2.24, 2.45) is 5.73 Å². The molecule has 7 heteroatoms. The number of hydrogen-bond donors (Lipinski definition) is 1. The highest BCUT2D eigenvalue weighted by Crippen LogP contribution is 2.32. The van der Waals surface area contributed by atoms with Gasteiger partial charge in [0, 0.05) is 29.3 Å². The molecule has 1 aromatic carbocycles. The number of hydrogen-bond acceptors (Lipinski definition) is 4. The van der Waals surface area contributed by atoms with Gasteiger partial charge in [-0.25, -0.2) is 4.39 Å². The fourth-order valence-electron chi connectivity index (χ4n) is 3.89. The van der Waals surface area contributed by atoms with Gasteiger partial charge in [-0.3, -0.25) is 14.6 Å². The number of piperidine rings is 1. The van der Waals surface area contributed by atoms with Gasteiger partial charge in [0.15, 0.2) is 0 Å². The van der Waals surface area contributed by atoms with Crippen LogP contribution in [0, 0.1) is 19.7 Å². The van der Waals surface area contributed by atoms with Crippen molar-refractivity contribution in [2.75, 3.05) is 13.1 Å². The summed E-state index contributed by atoms with van der Waals surface area (Å²) in [4.78, 5) is 33.4. The molecule has 0 aliphatic carbocycles. The van der Waals surface area contributed by atoms with Crippen LogP contribution in [-0.2, 0) is 0 Å². The number of thiophene rings is 1. The normalized spacial score (nSPS) is 16.9. The van der Waals surface area contributed by atoms with Crippen LogP contribution in [0.2, 0.25) is 0 Å². The number of aromatic nitrogens is 1. The standard InChI is InChI=1S/C22H22FN3O2S/c1-12-8-19(29-13(12)2)22(28)26-7-3-4-14(11-26)20-17(21(24)27)10-15-9-16(23)5-6-18(15)25-20/h5-6,8-10,14H,3-4,7,11H2,1-2H3,(H2,24,27)/t14-/m1/s1. The lowest BCUT2D eigenvalue weighted by Gasteiger charge is -2.33. The van der Waals surface area contributed by atoms with Crippen molar-refractivity contribution in [3.05, 3.63) is 62.7 Å². The van der Waals surface area contributed by atoms with Crippen LogP contribution in [0.15, 0.2) is 30.3 Å². The van der Waals surface area contributed by atoms with E-state index in [4.69, 9.17) is 5.73 Å². The minimum atomic E-state index is -0.591. The van der Waals surface area contributed by atoms with Gasteiger partial charge in [0.1, 0.15) is 5.82 Å². The van der Waals surface area contributed by atoms with Crippen LogP contribution in [0.5, 0.6) is 0 Å². The van der Waals surface area contributed by atoms with Crippen LogP contribution in [0.1, 0.15) is 54.9 Å². The molecule has 5 nitrogen and oxygen atoms in total. The zero-order chi connectivity index (χ0) is 20.7. The van der Waals surface area contributed by atoms with Gasteiger partial charge in [-0.05, 0) is 62.6 Å². The Balaban J connectivity index is 1.67. The van der Waals surface area contributed by atoms with Crippen LogP contribution in [0.25, 0.3) is 10.9 Å². The van der Waals surface area contributed by atoms with Crippen molar-refractivity contribution >= 4 is 34.1 Å². The molecule has 0 saturated carbocycles. The molecule has 0 unspecified atom stereocenters. The number of rotatable bonds is 3. The number of carbonyl (C=O) groups is 2. The lowest BCUT2D eigenvalue weighted by molar-refractivity contribution is 0.0710. The molecule has 0 radical (unpaired) electrons. The Hall–Kier alpha value is -2.80. The van der Waals surface area contributed by atoms with E-state index in [1.807, 2.05) is 24.8 Å². The zero-order valence-electron chi connectivity index (χ0n) is 16.4. The summed E-state index contributed by atoms with van der Waals surface area (Å²) in [5.74, 6) is -1.06. The van der Waals surface area contributed by atoms with E-state index in [1.54, 1.807) is 12.1 Å². The number of benzene rings is 1. The maximum absolute atomic E-state index is 13.6. The molecule has 1 fully saturated rings. The van der Waals surface area contributed by atoms with Crippen molar-refractivity contribution in [1.29, 1.82) is 0 Å². The quantitative estimate of drug-likeness (QED) is 0.703. The third-order valence-corrected chi connectivity index (χ3v) is 6.68. The summed E-state index contributed by atoms with van der Waals surface area (Å²) in [6, 6.07) is 7.83. The Labute approximate surface area is 172 Å². The van der Waals surface area contributed by atoms with E-state index in [9.17, 15) is 14.0 Å². The number of nitrogens with zero attached hydrogens (tertiary/aromatic N) is 2. The van der Waals surface area contributed by atoms with Crippen LogP contribution in [0.4, 0.5) is 4.39 Å². The third kappa shape index (κ3) is 3.74. The van der Waals surface area contributed by atoms with Crippen molar-refractivity contribution in [3.63, 3.8) is 0 Å². The molecule has 1 atom stereocenters. The molecule has 0 bridgehead atoms. The Morgan fingerprint density at radius 2 is 2.03 bits per heavy atom. The fraction of sp³-hybridized carbons (Fsp3) is 0.318. The van der Waals surface area contributed by atoms with Crippen LogP contribution >= 0.6 is 11.3 Å². The predicted octanol–water partition coefficient (Wildman–Crippen LogP) is 4.17. The van der Waals surface area contributed by atoms with Gasteiger partial charge < -0.3 is 10.6 Å². The molecule has 2 aromatic heterocycles. The van der Waals surface area contributed by atoms with E-state index in [0.717, 1.165) is 28.2 Å². The van der Waals surface area contributed by atoms with E-state index in [-0.39, 0.29) is 11.8 Å². The molecule has 1 aliphatic rings. The molecule has 3 heterocycles. The summed E-state index contributed by atoms with van der Waals surface area (Å²) >= 11 is 1.51. The molecule has 1 saturated heterocycles. The summed E-state index contributed by atoms with van der Waals surface area (Å²) in [6.45, 7) is 5.17. The van der Waals surface area contributed by atoms with E-state index in [1.165, 1.54) is 23.5 Å². The number of aryl methyl sites for hydroxylation is 2. The number of halogens is 1. The Bertz CT molecular complexity index is 1110. The van der Waals surface area contributed by atoms with Gasteiger partial charge in [0.25, 0.3) is 11.8 Å². The number of primary amides is 1. The molecule has 150 valence electrons. The van der Waals surface area contributed by atoms with Gasteiger partial charge in [-0.1, -0.05) is 0 Å². The second kappa shape index (κ2) is 7.55. The van der Waals surface area contributed by atoms with Crippen LogP contribution < -0.4 is 5.73 Å². The molecule has 3 aromatic rings. The fourth-order valence-corrected chi connectivity index (χ4v) is 4.89. The zero-order valence-corrected chi connectivity index (χ0v) is 17.2. The molecule has 1 aliphatic heterocycles. The lowest BCUT2D eigenvalue weighted by atomic mass is 9.90. The first-order chi connectivity index (χ1) is 13.8. The monoisotopic (exact) mass is 411 g/mol. The van der Waals surface area contributed by atoms with Crippen LogP contribution in [0.3, 0.4) is 0 Å². The van der Waals surface area contributed by atoms with Gasteiger partial charge in [-0.2, -0.15) is 0 Å². The molecular weight excluding hydrogens is 389 g/mol. The van der Waals surface area contributed by atoms with Crippen molar-refractivity contribution in [3.8, 4) is 0 Å². The van der Waals surface area contributed by atoms with Gasteiger partial charge in [-0.15, -0.1) is 11.3 Å². The first kappa shape index (κ1) is 19.5. The van der Waals surface area contributed by atoms with E-state index in [2.05, 4.69) is 4.98 Å². The lowest BCUT2D eigenvalue weighted by Crippen LogP contribution is -2.39. The smallest absolute Gasteiger partial charge is 0.263 e. The maximum Gasteiger partial charge on any atom is 0.263 e. The second-order valence-electron chi connectivity index (χ2n) is 7.56.